The molecule has 0 N–H and O–H groups in total. The van der Waals surface area contributed by atoms with Gasteiger partial charge in [0.05, 0.1) is 0 Å². The second kappa shape index (κ2) is 4.74. The summed E-state index contributed by atoms with van der Waals surface area (Å²) in [6.07, 6.45) is 4.14. The molecule has 0 aromatic rings. The van der Waals surface area contributed by atoms with E-state index in [1.165, 1.54) is 12.8 Å². The summed E-state index contributed by atoms with van der Waals surface area (Å²) in [5.74, 6) is 0.762. The highest BCUT2D eigenvalue weighted by Crippen LogP contribution is 2.18. The molecule has 0 aliphatic rings. The second-order valence-electron chi connectivity index (χ2n) is 4.36. The minimum Gasteiger partial charge on any atom is -0.245 e. The van der Waals surface area contributed by atoms with Gasteiger partial charge in [0, 0.05) is 0 Å². The highest BCUT2D eigenvalue weighted by molar-refractivity contribution is 4.65. The van der Waals surface area contributed by atoms with Gasteiger partial charge in [-0.05, 0) is 26.2 Å². The molecule has 0 aromatic heterocycles. The first-order chi connectivity index (χ1) is 4.92. The van der Waals surface area contributed by atoms with Gasteiger partial charge in [-0.1, -0.05) is 33.1 Å². The predicted molar refractivity (Wildman–Crippen MR) is 48.5 cm³/mol. The van der Waals surface area contributed by atoms with Gasteiger partial charge in [-0.2, -0.15) is 0 Å². The Morgan fingerprint density at radius 2 is 1.73 bits per heavy atom. The molecule has 0 spiro atoms. The van der Waals surface area contributed by atoms with Crippen LogP contribution in [0.5, 0.6) is 0 Å². The van der Waals surface area contributed by atoms with Gasteiger partial charge in [-0.3, -0.25) is 0 Å². The van der Waals surface area contributed by atoms with Crippen LogP contribution in [0.25, 0.3) is 0 Å². The van der Waals surface area contributed by atoms with Crippen molar-refractivity contribution in [3.05, 3.63) is 0 Å². The Morgan fingerprint density at radius 3 is 2.09 bits per heavy atom. The van der Waals surface area contributed by atoms with E-state index in [0.29, 0.717) is 6.42 Å². The molecule has 0 aromatic carbocycles. The maximum absolute atomic E-state index is 12.9. The zero-order chi connectivity index (χ0) is 8.91. The molecule has 0 atom stereocenters. The average Bonchev–Trinajstić information content (AvgIpc) is 1.78. The third-order valence-corrected chi connectivity index (χ3v) is 1.80. The van der Waals surface area contributed by atoms with Crippen molar-refractivity contribution in [2.45, 2.75) is 59.0 Å². The second-order valence-corrected chi connectivity index (χ2v) is 4.36. The van der Waals surface area contributed by atoms with E-state index < -0.39 is 5.67 Å². The molecule has 0 saturated carbocycles. The average molecular weight is 159 g/mol. The van der Waals surface area contributed by atoms with Crippen LogP contribution < -0.4 is 0 Å². The number of halogens is 1. The molecule has 0 fully saturated rings. The van der Waals surface area contributed by atoms with Crippen LogP contribution in [0.2, 0.25) is 0 Å². The van der Waals surface area contributed by atoms with Gasteiger partial charge in [-0.25, -0.2) is 4.39 Å². The van der Waals surface area contributed by atoms with Gasteiger partial charge in [0.2, 0.25) is 0 Å². The normalized spacial score (nSPS) is 12.5. The van der Waals surface area contributed by atoms with Gasteiger partial charge in [0.15, 0.2) is 0 Å². The molecule has 0 saturated heterocycles. The minimum absolute atomic E-state index is 0.708. The molecule has 0 aliphatic heterocycles. The smallest absolute Gasteiger partial charge is 0.105 e. The fourth-order valence-corrected chi connectivity index (χ4v) is 1.10. The summed E-state index contributed by atoms with van der Waals surface area (Å²) in [4.78, 5) is 0. The first-order valence-corrected chi connectivity index (χ1v) is 4.61. The van der Waals surface area contributed by atoms with Gasteiger partial charge in [-0.15, -0.1) is 0 Å². The first-order valence-electron chi connectivity index (χ1n) is 4.61. The fraction of sp³-hybridized carbons (Fsp3) is 1.00. The van der Waals surface area contributed by atoms with E-state index >= 15 is 0 Å². The summed E-state index contributed by atoms with van der Waals surface area (Å²) in [6.45, 7) is 7.73. The summed E-state index contributed by atoms with van der Waals surface area (Å²) in [5, 5.41) is 0. The number of hydrogen-bond acceptors (Lipinski definition) is 0. The molecule has 0 unspecified atom stereocenters. The highest BCUT2D eigenvalue weighted by atomic mass is 18.2. The lowest BCUT2D eigenvalue weighted by atomic mass is 9.99. The molecule has 0 radical (unpaired) electrons. The van der Waals surface area contributed by atoms with Gasteiger partial charge in [0.1, 0.15) is 5.67 Å². The fourth-order valence-electron chi connectivity index (χ4n) is 1.10. The van der Waals surface area contributed by atoms with E-state index in [1.54, 1.807) is 13.8 Å². The molecule has 0 rings (SSSR count). The highest BCUT2D eigenvalue weighted by Gasteiger charge is 2.13. The molecule has 0 bridgehead atoms. The van der Waals surface area contributed by atoms with E-state index in [9.17, 15) is 4.39 Å². The van der Waals surface area contributed by atoms with Crippen molar-refractivity contribution in [2.75, 3.05) is 0 Å². The largest absolute Gasteiger partial charge is 0.245 e. The molecule has 1 heteroatoms. The Morgan fingerprint density at radius 1 is 1.18 bits per heavy atom. The molecule has 0 heterocycles. The van der Waals surface area contributed by atoms with Crippen LogP contribution in [0, 0.1) is 5.92 Å². The zero-order valence-electron chi connectivity index (χ0n) is 8.28. The van der Waals surface area contributed by atoms with Crippen LogP contribution in [-0.2, 0) is 0 Å². The minimum atomic E-state index is -0.961. The zero-order valence-corrected chi connectivity index (χ0v) is 8.28. The Kier molecular flexibility index (Phi) is 4.71. The van der Waals surface area contributed by atoms with E-state index in [-0.39, 0.29) is 0 Å². The molecule has 0 amide bonds. The summed E-state index contributed by atoms with van der Waals surface area (Å²) in [6, 6.07) is 0. The SMILES string of the molecule is CC(C)CCCCC(C)(C)[18F]. The quantitative estimate of drug-likeness (QED) is 0.533. The van der Waals surface area contributed by atoms with Crippen LogP contribution in [0.3, 0.4) is 0 Å². The van der Waals surface area contributed by atoms with E-state index in [2.05, 4.69) is 13.8 Å². The summed E-state index contributed by atoms with van der Waals surface area (Å²) in [7, 11) is 0. The van der Waals surface area contributed by atoms with Crippen molar-refractivity contribution in [3.8, 4) is 0 Å². The lowest BCUT2D eigenvalue weighted by Crippen LogP contribution is -2.10. The van der Waals surface area contributed by atoms with Gasteiger partial charge >= 0.3 is 0 Å². The van der Waals surface area contributed by atoms with E-state index in [4.69, 9.17) is 0 Å². The van der Waals surface area contributed by atoms with Gasteiger partial charge < -0.3 is 0 Å². The molecule has 11 heavy (non-hydrogen) atoms. The van der Waals surface area contributed by atoms with Crippen molar-refractivity contribution < 1.29 is 4.39 Å². The molecule has 68 valence electrons. The molecular formula is C10H21F. The molecule has 0 nitrogen and oxygen atoms in total. The topological polar surface area (TPSA) is 0 Å². The first kappa shape index (κ1) is 10.9. The van der Waals surface area contributed by atoms with Crippen molar-refractivity contribution in [1.29, 1.82) is 0 Å². The van der Waals surface area contributed by atoms with Crippen molar-refractivity contribution in [1.82, 2.24) is 0 Å². The molecule has 0 aliphatic carbocycles. The third kappa shape index (κ3) is 9.93. The Hall–Kier alpha value is -0.0700. The number of alkyl halides is 1. The predicted octanol–water partition coefficient (Wildman–Crippen LogP) is 3.95. The number of hydrogen-bond donors (Lipinski definition) is 0. The van der Waals surface area contributed by atoms with Gasteiger partial charge in [0.25, 0.3) is 0 Å². The molecular weight excluding hydrogens is 138 g/mol. The Bertz CT molecular complexity index is 89.5. The van der Waals surface area contributed by atoms with Crippen molar-refractivity contribution in [2.24, 2.45) is 5.92 Å². The lowest BCUT2D eigenvalue weighted by Gasteiger charge is -2.13. The van der Waals surface area contributed by atoms with Crippen LogP contribution in [0.1, 0.15) is 53.4 Å². The lowest BCUT2D eigenvalue weighted by molar-refractivity contribution is 0.194. The van der Waals surface area contributed by atoms with E-state index in [1.807, 2.05) is 0 Å². The summed E-state index contributed by atoms with van der Waals surface area (Å²) >= 11 is 0. The van der Waals surface area contributed by atoms with Crippen molar-refractivity contribution >= 4 is 0 Å². The van der Waals surface area contributed by atoms with Crippen LogP contribution in [-0.4, -0.2) is 5.67 Å². The van der Waals surface area contributed by atoms with Crippen LogP contribution in [0.15, 0.2) is 0 Å². The third-order valence-electron chi connectivity index (χ3n) is 1.80. The maximum atomic E-state index is 12.9. The maximum Gasteiger partial charge on any atom is 0.105 e. The Balaban J connectivity index is 3.15. The Labute approximate surface area is 70.2 Å². The van der Waals surface area contributed by atoms with Crippen molar-refractivity contribution in [3.63, 3.8) is 0 Å². The van der Waals surface area contributed by atoms with E-state index in [0.717, 1.165) is 12.3 Å². The standard InChI is InChI=1S/C10H21F/c1-9(2)7-5-6-8-10(3,4)11/h9H,5-8H2,1-4H3/i11-1. The summed E-state index contributed by atoms with van der Waals surface area (Å²) < 4.78 is 12.9. The van der Waals surface area contributed by atoms with Crippen LogP contribution in [0.4, 0.5) is 4.39 Å². The van der Waals surface area contributed by atoms with Crippen LogP contribution >= 0.6 is 0 Å². The monoisotopic (exact) mass is 159 g/mol. The summed E-state index contributed by atoms with van der Waals surface area (Å²) in [5.41, 5.74) is -0.961. The number of unbranched alkanes of at least 4 members (excludes halogenated alkanes) is 1. The number of rotatable bonds is 5.